The number of anilines is 1. The van der Waals surface area contributed by atoms with Crippen molar-refractivity contribution in [3.63, 3.8) is 0 Å². The Hall–Kier alpha value is -1.01. The summed E-state index contributed by atoms with van der Waals surface area (Å²) in [5.74, 6) is 1.43. The smallest absolute Gasteiger partial charge is 0.251 e. The normalized spacial score (nSPS) is 22.0. The van der Waals surface area contributed by atoms with Crippen LogP contribution in [0.3, 0.4) is 0 Å². The lowest BCUT2D eigenvalue weighted by molar-refractivity contribution is -0.118. The van der Waals surface area contributed by atoms with Gasteiger partial charge in [0.2, 0.25) is 5.91 Å². The van der Waals surface area contributed by atoms with E-state index in [1.807, 2.05) is 11.8 Å². The molecule has 120 valence electrons. The van der Waals surface area contributed by atoms with Gasteiger partial charge in [0.15, 0.2) is 0 Å². The van der Waals surface area contributed by atoms with Crippen molar-refractivity contribution in [1.29, 1.82) is 0 Å². The summed E-state index contributed by atoms with van der Waals surface area (Å²) in [5.41, 5.74) is 7.11. The number of carbonyl (C=O) groups excluding carboxylic acids is 2. The molecule has 1 aliphatic heterocycles. The highest BCUT2D eigenvalue weighted by molar-refractivity contribution is 7.98. The predicted molar refractivity (Wildman–Crippen MR) is 92.4 cm³/mol. The van der Waals surface area contributed by atoms with Gasteiger partial charge in [-0.15, -0.1) is 11.3 Å². The number of thioether (sulfide) groups is 1. The maximum absolute atomic E-state index is 12.6. The molecule has 0 atom stereocenters. The Morgan fingerprint density at radius 3 is 2.41 bits per heavy atom. The zero-order valence-electron chi connectivity index (χ0n) is 13.4. The second-order valence-corrected chi connectivity index (χ2v) is 9.45. The first kappa shape index (κ1) is 15.9. The third-order valence-corrected chi connectivity index (χ3v) is 7.90. The highest BCUT2D eigenvalue weighted by Gasteiger charge is 2.68. The standard InChI is InChI=1S/C16H22N2O2S2/c1-15(2)11(16(15,3)4)13(20)18-14-10(12(17)19)8-5-6-21-7-9(8)22-14/h11H,5-7H2,1-4H3,(H2,17,19)(H,18,20). The minimum atomic E-state index is -0.436. The Kier molecular flexibility index (Phi) is 3.60. The quantitative estimate of drug-likeness (QED) is 0.888. The number of hydrogen-bond donors (Lipinski definition) is 2. The maximum atomic E-state index is 12.6. The number of rotatable bonds is 3. The van der Waals surface area contributed by atoms with Crippen LogP contribution < -0.4 is 11.1 Å². The van der Waals surface area contributed by atoms with Gasteiger partial charge in [0.25, 0.3) is 5.91 Å². The highest BCUT2D eigenvalue weighted by atomic mass is 32.2. The lowest BCUT2D eigenvalue weighted by Crippen LogP contribution is -2.21. The molecule has 3 N–H and O–H groups in total. The van der Waals surface area contributed by atoms with Gasteiger partial charge in [-0.2, -0.15) is 11.8 Å². The van der Waals surface area contributed by atoms with Gasteiger partial charge >= 0.3 is 0 Å². The fourth-order valence-electron chi connectivity index (χ4n) is 3.62. The first-order valence-corrected chi connectivity index (χ1v) is 9.48. The van der Waals surface area contributed by atoms with Crippen molar-refractivity contribution in [2.24, 2.45) is 22.5 Å². The van der Waals surface area contributed by atoms with E-state index in [0.29, 0.717) is 10.6 Å². The first-order chi connectivity index (χ1) is 10.2. The molecule has 1 aliphatic carbocycles. The van der Waals surface area contributed by atoms with Crippen molar-refractivity contribution in [2.45, 2.75) is 39.9 Å². The summed E-state index contributed by atoms with van der Waals surface area (Å²) in [6.07, 6.45) is 0.852. The zero-order chi connectivity index (χ0) is 16.3. The number of hydrogen-bond acceptors (Lipinski definition) is 4. The summed E-state index contributed by atoms with van der Waals surface area (Å²) >= 11 is 3.36. The van der Waals surface area contributed by atoms with Crippen LogP contribution in [-0.2, 0) is 17.0 Å². The van der Waals surface area contributed by atoms with Crippen LogP contribution in [0.4, 0.5) is 5.00 Å². The summed E-state index contributed by atoms with van der Waals surface area (Å²) in [4.78, 5) is 25.7. The molecule has 22 heavy (non-hydrogen) atoms. The fraction of sp³-hybridized carbons (Fsp3) is 0.625. The Bertz CT molecular complexity index is 647. The van der Waals surface area contributed by atoms with Gasteiger partial charge in [0.1, 0.15) is 5.00 Å². The average Bonchev–Trinajstić information content (AvgIpc) is 2.68. The Balaban J connectivity index is 1.89. The van der Waals surface area contributed by atoms with E-state index in [1.54, 1.807) is 0 Å². The van der Waals surface area contributed by atoms with E-state index in [0.717, 1.165) is 23.5 Å². The van der Waals surface area contributed by atoms with Gasteiger partial charge in [0, 0.05) is 16.5 Å². The van der Waals surface area contributed by atoms with Crippen molar-refractivity contribution < 1.29 is 9.59 Å². The molecular weight excluding hydrogens is 316 g/mol. The molecular formula is C16H22N2O2S2. The molecule has 4 nitrogen and oxygen atoms in total. The minimum absolute atomic E-state index is 0.00347. The van der Waals surface area contributed by atoms with Crippen molar-refractivity contribution in [2.75, 3.05) is 11.1 Å². The second kappa shape index (κ2) is 4.99. The monoisotopic (exact) mass is 338 g/mol. The summed E-state index contributed by atoms with van der Waals surface area (Å²) in [6, 6.07) is 0. The van der Waals surface area contributed by atoms with Crippen molar-refractivity contribution >= 4 is 39.9 Å². The number of carbonyl (C=O) groups is 2. The maximum Gasteiger partial charge on any atom is 0.251 e. The Morgan fingerprint density at radius 1 is 1.23 bits per heavy atom. The molecule has 0 bridgehead atoms. The van der Waals surface area contributed by atoms with E-state index in [-0.39, 0.29) is 22.7 Å². The first-order valence-electron chi connectivity index (χ1n) is 7.51. The molecule has 1 aromatic heterocycles. The van der Waals surface area contributed by atoms with Gasteiger partial charge in [-0.05, 0) is 28.6 Å². The van der Waals surface area contributed by atoms with E-state index >= 15 is 0 Å². The molecule has 0 aromatic carbocycles. The van der Waals surface area contributed by atoms with Crippen LogP contribution in [0.1, 0.15) is 48.5 Å². The lowest BCUT2D eigenvalue weighted by atomic mass is 10.0. The van der Waals surface area contributed by atoms with Gasteiger partial charge in [0.05, 0.1) is 5.56 Å². The Morgan fingerprint density at radius 2 is 1.86 bits per heavy atom. The summed E-state index contributed by atoms with van der Waals surface area (Å²) in [6.45, 7) is 8.45. The van der Waals surface area contributed by atoms with Gasteiger partial charge in [-0.3, -0.25) is 9.59 Å². The SMILES string of the molecule is CC1(C)C(C(=O)Nc2sc3c(c2C(N)=O)CCSC3)C1(C)C. The number of fused-ring (bicyclic) bond motifs is 1. The van der Waals surface area contributed by atoms with Crippen molar-refractivity contribution in [3.8, 4) is 0 Å². The lowest BCUT2D eigenvalue weighted by Gasteiger charge is -2.11. The number of thiophene rings is 1. The molecule has 1 saturated carbocycles. The third-order valence-electron chi connectivity index (χ3n) is 5.59. The third kappa shape index (κ3) is 2.19. The van der Waals surface area contributed by atoms with Gasteiger partial charge in [-0.1, -0.05) is 27.7 Å². The second-order valence-electron chi connectivity index (χ2n) is 7.24. The predicted octanol–water partition coefficient (Wildman–Crippen LogP) is 3.26. The molecule has 3 rings (SSSR count). The van der Waals surface area contributed by atoms with Gasteiger partial charge < -0.3 is 11.1 Å². The number of nitrogens with two attached hydrogens (primary N) is 1. The molecule has 1 aromatic rings. The van der Waals surface area contributed by atoms with Crippen LogP contribution in [-0.4, -0.2) is 17.6 Å². The summed E-state index contributed by atoms with van der Waals surface area (Å²) in [5, 5.41) is 3.63. The summed E-state index contributed by atoms with van der Waals surface area (Å²) < 4.78 is 0. The molecule has 2 amide bonds. The van der Waals surface area contributed by atoms with Crippen LogP contribution >= 0.6 is 23.1 Å². The van der Waals surface area contributed by atoms with E-state index < -0.39 is 5.91 Å². The number of primary amides is 1. The van der Waals surface area contributed by atoms with Crippen molar-refractivity contribution in [3.05, 3.63) is 16.0 Å². The van der Waals surface area contributed by atoms with E-state index in [9.17, 15) is 9.59 Å². The zero-order valence-corrected chi connectivity index (χ0v) is 15.0. The molecule has 0 unspecified atom stereocenters. The van der Waals surface area contributed by atoms with Crippen molar-refractivity contribution in [1.82, 2.24) is 0 Å². The molecule has 1 fully saturated rings. The fourth-order valence-corrected chi connectivity index (χ4v) is 6.01. The molecule has 2 heterocycles. The van der Waals surface area contributed by atoms with E-state index in [4.69, 9.17) is 5.73 Å². The topological polar surface area (TPSA) is 72.2 Å². The van der Waals surface area contributed by atoms with Crippen LogP contribution in [0.15, 0.2) is 0 Å². The van der Waals surface area contributed by atoms with Crippen LogP contribution in [0.25, 0.3) is 0 Å². The highest BCUT2D eigenvalue weighted by Crippen LogP contribution is 2.68. The molecule has 6 heteroatoms. The minimum Gasteiger partial charge on any atom is -0.365 e. The van der Waals surface area contributed by atoms with Gasteiger partial charge in [-0.25, -0.2) is 0 Å². The molecule has 2 aliphatic rings. The molecule has 0 spiro atoms. The molecule has 0 radical (unpaired) electrons. The van der Waals surface area contributed by atoms with Crippen LogP contribution in [0.2, 0.25) is 0 Å². The van der Waals surface area contributed by atoms with E-state index in [1.165, 1.54) is 16.2 Å². The Labute approximate surface area is 139 Å². The average molecular weight is 338 g/mol. The largest absolute Gasteiger partial charge is 0.365 e. The van der Waals surface area contributed by atoms with Crippen LogP contribution in [0, 0.1) is 16.7 Å². The molecule has 0 saturated heterocycles. The summed E-state index contributed by atoms with van der Waals surface area (Å²) in [7, 11) is 0. The van der Waals surface area contributed by atoms with Crippen LogP contribution in [0.5, 0.6) is 0 Å². The number of nitrogens with one attached hydrogen (secondary N) is 1. The number of amides is 2. The van der Waals surface area contributed by atoms with E-state index in [2.05, 4.69) is 33.0 Å².